The Balaban J connectivity index is 2.43. The van der Waals surface area contributed by atoms with Crippen molar-refractivity contribution in [2.75, 3.05) is 0 Å². The minimum absolute atomic E-state index is 0.0308. The molecule has 1 amide bonds. The molecule has 126 valence electrons. The molecule has 5 nitrogen and oxygen atoms in total. The summed E-state index contributed by atoms with van der Waals surface area (Å²) in [6.07, 6.45) is 0.272. The quantitative estimate of drug-likeness (QED) is 0.448. The van der Waals surface area contributed by atoms with Gasteiger partial charge in [0.05, 0.1) is 0 Å². The van der Waals surface area contributed by atoms with Crippen LogP contribution in [0, 0.1) is 13.8 Å². The van der Waals surface area contributed by atoms with E-state index in [-0.39, 0.29) is 30.1 Å². The summed E-state index contributed by atoms with van der Waals surface area (Å²) in [5.41, 5.74) is 7.57. The number of aryl methyl sites for hydroxylation is 2. The predicted octanol–water partition coefficient (Wildman–Crippen LogP) is 2.56. The lowest BCUT2D eigenvalue weighted by Crippen LogP contribution is -2.52. The molecular weight excluding hydrogens is 310 g/mol. The van der Waals surface area contributed by atoms with Crippen LogP contribution < -0.4 is 16.2 Å². The second kappa shape index (κ2) is 8.06. The monoisotopic (exact) mass is 335 g/mol. The number of hydrogen-bond donors (Lipinski definition) is 3. The fourth-order valence-electron chi connectivity index (χ4n) is 1.96. The molecule has 0 spiro atoms. The van der Waals surface area contributed by atoms with Crippen LogP contribution in [-0.2, 0) is 4.79 Å². The van der Waals surface area contributed by atoms with E-state index < -0.39 is 0 Å². The van der Waals surface area contributed by atoms with Gasteiger partial charge in [0.2, 0.25) is 5.91 Å². The maximum Gasteiger partial charge on any atom is 0.238 e. The van der Waals surface area contributed by atoms with Gasteiger partial charge in [0.15, 0.2) is 10.9 Å². The zero-order valence-electron chi connectivity index (χ0n) is 14.4. The zero-order valence-corrected chi connectivity index (χ0v) is 15.2. The van der Waals surface area contributed by atoms with E-state index in [0.717, 1.165) is 11.1 Å². The van der Waals surface area contributed by atoms with E-state index in [1.54, 1.807) is 0 Å². The normalized spacial score (nSPS) is 10.8. The minimum atomic E-state index is -0.276. The third-order valence-corrected chi connectivity index (χ3v) is 3.28. The second-order valence-corrected chi connectivity index (χ2v) is 7.03. The van der Waals surface area contributed by atoms with Gasteiger partial charge in [-0.1, -0.05) is 17.7 Å². The summed E-state index contributed by atoms with van der Waals surface area (Å²) < 4.78 is 0. The van der Waals surface area contributed by atoms with Crippen LogP contribution in [0.5, 0.6) is 0 Å². The number of thiocarbonyl (C=S) groups is 1. The molecule has 0 aliphatic heterocycles. The lowest BCUT2D eigenvalue weighted by molar-refractivity contribution is -0.121. The molecule has 0 atom stereocenters. The summed E-state index contributed by atoms with van der Waals surface area (Å²) in [7, 11) is 0. The van der Waals surface area contributed by atoms with Gasteiger partial charge in [-0.15, -0.1) is 0 Å². The lowest BCUT2D eigenvalue weighted by Gasteiger charge is -2.23. The van der Waals surface area contributed by atoms with Gasteiger partial charge in [0.25, 0.3) is 0 Å². The standard InChI is InChI=1S/C17H25N3O2S/c1-11-6-7-12(2)13(10-11)14(21)8-9-15(22)19-20-16(23)18-17(3,4)5/h6-7,10H,8-9H2,1-5H3,(H,19,22)(H2,18,20,23). The fraction of sp³-hybridized carbons (Fsp3) is 0.471. The number of Topliss-reactive ketones (excluding diaryl/α,β-unsaturated/α-hetero) is 1. The van der Waals surface area contributed by atoms with Gasteiger partial charge in [-0.05, 0) is 58.5 Å². The molecule has 1 aromatic rings. The molecule has 23 heavy (non-hydrogen) atoms. The van der Waals surface area contributed by atoms with Crippen molar-refractivity contribution >= 4 is 29.0 Å². The second-order valence-electron chi connectivity index (χ2n) is 6.62. The Bertz CT molecular complexity index is 606. The van der Waals surface area contributed by atoms with Crippen molar-refractivity contribution in [2.24, 2.45) is 0 Å². The van der Waals surface area contributed by atoms with Crippen molar-refractivity contribution in [1.82, 2.24) is 16.2 Å². The Morgan fingerprint density at radius 1 is 1.09 bits per heavy atom. The molecule has 1 rings (SSSR count). The first-order chi connectivity index (χ1) is 10.6. The van der Waals surface area contributed by atoms with Crippen molar-refractivity contribution in [2.45, 2.75) is 53.0 Å². The van der Waals surface area contributed by atoms with Crippen LogP contribution in [0.2, 0.25) is 0 Å². The smallest absolute Gasteiger partial charge is 0.238 e. The Hall–Kier alpha value is -1.95. The van der Waals surface area contributed by atoms with Gasteiger partial charge in [-0.3, -0.25) is 20.4 Å². The highest BCUT2D eigenvalue weighted by Gasteiger charge is 2.13. The van der Waals surface area contributed by atoms with Crippen LogP contribution >= 0.6 is 12.2 Å². The molecular formula is C17H25N3O2S. The van der Waals surface area contributed by atoms with Gasteiger partial charge in [-0.2, -0.15) is 0 Å². The van der Waals surface area contributed by atoms with E-state index in [2.05, 4.69) is 16.2 Å². The first-order valence-corrected chi connectivity index (χ1v) is 7.97. The average Bonchev–Trinajstić information content (AvgIpc) is 2.43. The maximum absolute atomic E-state index is 12.2. The van der Waals surface area contributed by atoms with Crippen LogP contribution in [0.15, 0.2) is 18.2 Å². The number of amides is 1. The highest BCUT2D eigenvalue weighted by molar-refractivity contribution is 7.80. The third-order valence-electron chi connectivity index (χ3n) is 3.08. The highest BCUT2D eigenvalue weighted by atomic mass is 32.1. The molecule has 0 saturated heterocycles. The molecule has 0 aliphatic carbocycles. The van der Waals surface area contributed by atoms with E-state index in [9.17, 15) is 9.59 Å². The number of ketones is 1. The van der Waals surface area contributed by atoms with Crippen molar-refractivity contribution in [3.05, 3.63) is 34.9 Å². The summed E-state index contributed by atoms with van der Waals surface area (Å²) >= 11 is 5.06. The van der Waals surface area contributed by atoms with Crippen molar-refractivity contribution in [1.29, 1.82) is 0 Å². The van der Waals surface area contributed by atoms with Crippen molar-refractivity contribution < 1.29 is 9.59 Å². The van der Waals surface area contributed by atoms with Crippen LogP contribution in [0.3, 0.4) is 0 Å². The molecule has 0 unspecified atom stereocenters. The topological polar surface area (TPSA) is 70.2 Å². The fourth-order valence-corrected chi connectivity index (χ4v) is 2.32. The molecule has 0 heterocycles. The number of hydrazine groups is 1. The van der Waals surface area contributed by atoms with E-state index >= 15 is 0 Å². The summed E-state index contributed by atoms with van der Waals surface area (Å²) in [6, 6.07) is 5.74. The number of hydrogen-bond acceptors (Lipinski definition) is 3. The molecule has 0 saturated carbocycles. The van der Waals surface area contributed by atoms with Gasteiger partial charge in [-0.25, -0.2) is 0 Å². The molecule has 1 aromatic carbocycles. The van der Waals surface area contributed by atoms with E-state index in [0.29, 0.717) is 10.7 Å². The summed E-state index contributed by atoms with van der Waals surface area (Å²) in [5, 5.41) is 3.36. The van der Waals surface area contributed by atoms with Gasteiger partial charge >= 0.3 is 0 Å². The third kappa shape index (κ3) is 7.23. The largest absolute Gasteiger partial charge is 0.357 e. The number of nitrogens with one attached hydrogen (secondary N) is 3. The SMILES string of the molecule is Cc1ccc(C)c(C(=O)CCC(=O)NNC(=S)NC(C)(C)C)c1. The number of rotatable bonds is 4. The number of carbonyl (C=O) groups excluding carboxylic acids is 2. The van der Waals surface area contributed by atoms with Crippen LogP contribution in [-0.4, -0.2) is 22.3 Å². The Morgan fingerprint density at radius 3 is 2.35 bits per heavy atom. The van der Waals surface area contributed by atoms with E-state index in [1.807, 2.05) is 52.8 Å². The average molecular weight is 335 g/mol. The first-order valence-electron chi connectivity index (χ1n) is 7.56. The number of carbonyl (C=O) groups is 2. The summed E-state index contributed by atoms with van der Waals surface area (Å²) in [5.74, 6) is -0.307. The zero-order chi connectivity index (χ0) is 17.6. The van der Waals surface area contributed by atoms with Crippen LogP contribution in [0.1, 0.15) is 55.1 Å². The van der Waals surface area contributed by atoms with E-state index in [1.165, 1.54) is 0 Å². The van der Waals surface area contributed by atoms with Crippen LogP contribution in [0.25, 0.3) is 0 Å². The molecule has 6 heteroatoms. The minimum Gasteiger partial charge on any atom is -0.357 e. The molecule has 0 fully saturated rings. The predicted molar refractivity (Wildman–Crippen MR) is 96.2 cm³/mol. The van der Waals surface area contributed by atoms with E-state index in [4.69, 9.17) is 12.2 Å². The van der Waals surface area contributed by atoms with Crippen LogP contribution in [0.4, 0.5) is 0 Å². The number of benzene rings is 1. The van der Waals surface area contributed by atoms with Gasteiger partial charge < -0.3 is 5.32 Å². The Morgan fingerprint density at radius 2 is 1.74 bits per heavy atom. The Labute approximate surface area is 143 Å². The highest BCUT2D eigenvalue weighted by Crippen LogP contribution is 2.13. The molecule has 0 bridgehead atoms. The maximum atomic E-state index is 12.2. The van der Waals surface area contributed by atoms with Gasteiger partial charge in [0.1, 0.15) is 0 Å². The van der Waals surface area contributed by atoms with Crippen molar-refractivity contribution in [3.63, 3.8) is 0 Å². The van der Waals surface area contributed by atoms with Crippen molar-refractivity contribution in [3.8, 4) is 0 Å². The molecule has 0 radical (unpaired) electrons. The lowest BCUT2D eigenvalue weighted by atomic mass is 9.99. The molecule has 0 aliphatic rings. The first kappa shape index (κ1) is 19.1. The Kier molecular flexibility index (Phi) is 6.69. The molecule has 3 N–H and O–H groups in total. The summed E-state index contributed by atoms with van der Waals surface area (Å²) in [6.45, 7) is 9.73. The molecule has 0 aromatic heterocycles. The summed E-state index contributed by atoms with van der Waals surface area (Å²) in [4.78, 5) is 24.0. The van der Waals surface area contributed by atoms with Gasteiger partial charge in [0, 0.05) is 23.9 Å².